The van der Waals surface area contributed by atoms with Crippen LogP contribution in [0.4, 0.5) is 13.2 Å². The van der Waals surface area contributed by atoms with Crippen LogP contribution >= 0.6 is 11.3 Å². The molecule has 28 heavy (non-hydrogen) atoms. The summed E-state index contributed by atoms with van der Waals surface area (Å²) in [7, 11) is 0. The van der Waals surface area contributed by atoms with Crippen LogP contribution in [0.15, 0.2) is 36.4 Å². The number of nitrogens with one attached hydrogen (secondary N) is 2. The molecular weight excluding hydrogens is 391 g/mol. The first-order valence-corrected chi connectivity index (χ1v) is 9.66. The van der Waals surface area contributed by atoms with Crippen LogP contribution in [-0.4, -0.2) is 28.7 Å². The van der Waals surface area contributed by atoms with Gasteiger partial charge in [0.05, 0.1) is 17.1 Å². The van der Waals surface area contributed by atoms with E-state index in [4.69, 9.17) is 4.74 Å². The quantitative estimate of drug-likeness (QED) is 0.628. The predicted molar refractivity (Wildman–Crippen MR) is 99.4 cm³/mol. The van der Waals surface area contributed by atoms with Gasteiger partial charge >= 0.3 is 6.18 Å². The second kappa shape index (κ2) is 7.12. The Morgan fingerprint density at radius 1 is 1.36 bits per heavy atom. The zero-order valence-electron chi connectivity index (χ0n) is 14.9. The van der Waals surface area contributed by atoms with E-state index in [1.54, 1.807) is 13.0 Å². The van der Waals surface area contributed by atoms with E-state index in [0.717, 1.165) is 39.5 Å². The number of imidazole rings is 1. The number of nitrogens with zero attached hydrogens (tertiary/aromatic N) is 1. The number of carbonyl (C=O) groups excluding carboxylic acids is 1. The molecule has 3 aromatic rings. The van der Waals surface area contributed by atoms with Crippen LogP contribution < -0.4 is 10.1 Å². The lowest BCUT2D eigenvalue weighted by molar-refractivity contribution is -0.152. The summed E-state index contributed by atoms with van der Waals surface area (Å²) >= 11 is 1.10. The monoisotopic (exact) mass is 409 g/mol. The maximum absolute atomic E-state index is 12.5. The normalized spacial score (nSPS) is 20.1. The molecular formula is C19H18F3N3O2S. The van der Waals surface area contributed by atoms with Gasteiger partial charge in [-0.05, 0) is 37.6 Å². The largest absolute Gasteiger partial charge is 0.475 e. The maximum atomic E-state index is 12.5. The van der Waals surface area contributed by atoms with E-state index >= 15 is 0 Å². The average molecular weight is 409 g/mol. The highest BCUT2D eigenvalue weighted by molar-refractivity contribution is 7.13. The van der Waals surface area contributed by atoms with Gasteiger partial charge in [0.15, 0.2) is 11.7 Å². The molecule has 148 valence electrons. The molecule has 0 aliphatic heterocycles. The molecule has 1 amide bonds. The standard InChI is InChI=1S/C19H18F3N3O2S/c1-10(15-6-7-16(28-15)27-9-19(20,21)22)23-18(26)12-8-11(12)17-24-13-4-2-3-5-14(13)25-17/h2-7,10-12H,8-9H2,1H3,(H,23,26)(H,24,25)/t10-,11?,12?/m1/s1. The maximum Gasteiger partial charge on any atom is 0.422 e. The lowest BCUT2D eigenvalue weighted by Crippen LogP contribution is -2.28. The number of hydrogen-bond donors (Lipinski definition) is 2. The number of amides is 1. The Kier molecular flexibility index (Phi) is 4.78. The molecule has 2 unspecified atom stereocenters. The Morgan fingerprint density at radius 2 is 2.14 bits per heavy atom. The van der Waals surface area contributed by atoms with Crippen LogP contribution in [0.2, 0.25) is 0 Å². The van der Waals surface area contributed by atoms with Gasteiger partial charge in [0.1, 0.15) is 5.82 Å². The van der Waals surface area contributed by atoms with Crippen molar-refractivity contribution in [3.8, 4) is 5.06 Å². The molecule has 0 spiro atoms. The number of carbonyl (C=O) groups is 1. The first-order chi connectivity index (χ1) is 13.3. The Labute approximate surface area is 162 Å². The third-order valence-corrected chi connectivity index (χ3v) is 5.83. The predicted octanol–water partition coefficient (Wildman–Crippen LogP) is 4.55. The van der Waals surface area contributed by atoms with E-state index in [1.807, 2.05) is 24.3 Å². The molecule has 2 aromatic heterocycles. The Hall–Kier alpha value is -2.55. The van der Waals surface area contributed by atoms with Crippen molar-refractivity contribution in [2.45, 2.75) is 31.5 Å². The van der Waals surface area contributed by atoms with Gasteiger partial charge < -0.3 is 15.0 Å². The molecule has 2 heterocycles. The highest BCUT2D eigenvalue weighted by Crippen LogP contribution is 2.47. The van der Waals surface area contributed by atoms with E-state index in [9.17, 15) is 18.0 Å². The van der Waals surface area contributed by atoms with E-state index in [-0.39, 0.29) is 28.8 Å². The Morgan fingerprint density at radius 3 is 2.89 bits per heavy atom. The SMILES string of the molecule is C[C@@H](NC(=O)C1CC1c1nc2ccccc2[nH]1)c1ccc(OCC(F)(F)F)s1. The fourth-order valence-electron chi connectivity index (χ4n) is 3.12. The van der Waals surface area contributed by atoms with Crippen molar-refractivity contribution in [1.29, 1.82) is 0 Å². The first-order valence-electron chi connectivity index (χ1n) is 8.84. The summed E-state index contributed by atoms with van der Waals surface area (Å²) < 4.78 is 41.4. The number of halogens is 3. The number of aromatic amines is 1. The number of H-pyrrole nitrogens is 1. The molecule has 0 bridgehead atoms. The van der Waals surface area contributed by atoms with Gasteiger partial charge in [-0.1, -0.05) is 12.1 Å². The van der Waals surface area contributed by atoms with Crippen molar-refractivity contribution in [2.75, 3.05) is 6.61 Å². The number of rotatable bonds is 6. The van der Waals surface area contributed by atoms with E-state index in [0.29, 0.717) is 0 Å². The second-order valence-corrected chi connectivity index (χ2v) is 7.96. The lowest BCUT2D eigenvalue weighted by Gasteiger charge is -2.12. The number of aromatic nitrogens is 2. The van der Waals surface area contributed by atoms with Gasteiger partial charge in [-0.2, -0.15) is 13.2 Å². The summed E-state index contributed by atoms with van der Waals surface area (Å²) in [6.45, 7) is 0.477. The number of alkyl halides is 3. The molecule has 4 rings (SSSR count). The fourth-order valence-corrected chi connectivity index (χ4v) is 3.98. The van der Waals surface area contributed by atoms with Crippen LogP contribution in [0.25, 0.3) is 11.0 Å². The highest BCUT2D eigenvalue weighted by Gasteiger charge is 2.46. The summed E-state index contributed by atoms with van der Waals surface area (Å²) in [5.41, 5.74) is 1.82. The Bertz CT molecular complexity index is 965. The third kappa shape index (κ3) is 4.14. The highest BCUT2D eigenvalue weighted by atomic mass is 32.1. The van der Waals surface area contributed by atoms with Gasteiger partial charge in [0, 0.05) is 16.7 Å². The minimum atomic E-state index is -4.37. The van der Waals surface area contributed by atoms with Gasteiger partial charge in [0.2, 0.25) is 5.91 Å². The van der Waals surface area contributed by atoms with Crippen LogP contribution in [0.5, 0.6) is 5.06 Å². The van der Waals surface area contributed by atoms with E-state index in [1.165, 1.54) is 6.07 Å². The summed E-state index contributed by atoms with van der Waals surface area (Å²) in [5, 5.41) is 3.11. The van der Waals surface area contributed by atoms with Crippen molar-refractivity contribution in [3.63, 3.8) is 0 Å². The number of hydrogen-bond acceptors (Lipinski definition) is 4. The molecule has 1 aliphatic rings. The fraction of sp³-hybridized carbons (Fsp3) is 0.368. The summed E-state index contributed by atoms with van der Waals surface area (Å²) in [6.07, 6.45) is -3.65. The molecule has 1 aromatic carbocycles. The van der Waals surface area contributed by atoms with Gasteiger partial charge in [-0.25, -0.2) is 4.98 Å². The zero-order chi connectivity index (χ0) is 19.9. The molecule has 9 heteroatoms. The average Bonchev–Trinajstić information content (AvgIpc) is 3.11. The molecule has 0 saturated heterocycles. The third-order valence-electron chi connectivity index (χ3n) is 4.65. The summed E-state index contributed by atoms with van der Waals surface area (Å²) in [5.74, 6) is 0.648. The van der Waals surface area contributed by atoms with Gasteiger partial charge in [-0.3, -0.25) is 4.79 Å². The van der Waals surface area contributed by atoms with Gasteiger partial charge in [-0.15, -0.1) is 11.3 Å². The molecule has 2 N–H and O–H groups in total. The Balaban J connectivity index is 1.33. The number of ether oxygens (including phenoxy) is 1. The molecule has 1 saturated carbocycles. The first kappa shape index (κ1) is 18.8. The van der Waals surface area contributed by atoms with Crippen molar-refractivity contribution in [2.24, 2.45) is 5.92 Å². The van der Waals surface area contributed by atoms with Gasteiger partial charge in [0.25, 0.3) is 0 Å². The minimum Gasteiger partial charge on any atom is -0.475 e. The molecule has 1 aliphatic carbocycles. The smallest absolute Gasteiger partial charge is 0.422 e. The topological polar surface area (TPSA) is 67.0 Å². The number of fused-ring (bicyclic) bond motifs is 1. The summed E-state index contributed by atoms with van der Waals surface area (Å²) in [6, 6.07) is 10.6. The van der Waals surface area contributed by atoms with Crippen LogP contribution in [0.3, 0.4) is 0 Å². The zero-order valence-corrected chi connectivity index (χ0v) is 15.7. The van der Waals surface area contributed by atoms with Crippen LogP contribution in [0.1, 0.15) is 36.0 Å². The second-order valence-electron chi connectivity index (χ2n) is 6.88. The minimum absolute atomic E-state index is 0.0635. The summed E-state index contributed by atoms with van der Waals surface area (Å²) in [4.78, 5) is 21.1. The number of para-hydroxylation sites is 2. The number of benzene rings is 1. The van der Waals surface area contributed by atoms with Crippen LogP contribution in [-0.2, 0) is 4.79 Å². The van der Waals surface area contributed by atoms with Crippen molar-refractivity contribution in [1.82, 2.24) is 15.3 Å². The van der Waals surface area contributed by atoms with Crippen molar-refractivity contribution >= 4 is 28.3 Å². The van der Waals surface area contributed by atoms with Crippen molar-refractivity contribution in [3.05, 3.63) is 47.1 Å². The molecule has 0 radical (unpaired) electrons. The van der Waals surface area contributed by atoms with Crippen molar-refractivity contribution < 1.29 is 22.7 Å². The lowest BCUT2D eigenvalue weighted by atomic mass is 10.2. The molecule has 3 atom stereocenters. The number of thiophene rings is 1. The van der Waals surface area contributed by atoms with E-state index in [2.05, 4.69) is 15.3 Å². The van der Waals surface area contributed by atoms with E-state index < -0.39 is 12.8 Å². The molecule has 1 fully saturated rings. The van der Waals surface area contributed by atoms with Crippen LogP contribution in [0, 0.1) is 5.92 Å². The molecule has 5 nitrogen and oxygen atoms in total.